The van der Waals surface area contributed by atoms with E-state index in [9.17, 15) is 9.59 Å². The van der Waals surface area contributed by atoms with Gasteiger partial charge in [0.1, 0.15) is 11.3 Å². The zero-order chi connectivity index (χ0) is 19.3. The van der Waals surface area contributed by atoms with Gasteiger partial charge in [0.05, 0.1) is 5.69 Å². The van der Waals surface area contributed by atoms with Crippen molar-refractivity contribution in [3.8, 4) is 0 Å². The highest BCUT2D eigenvalue weighted by atomic mass is 16.2. The molecular formula is C22H22N4O2. The lowest BCUT2D eigenvalue weighted by molar-refractivity contribution is -0.133. The maximum Gasteiger partial charge on any atom is 0.274 e. The number of carbonyl (C=O) groups is 2. The number of anilines is 1. The second kappa shape index (κ2) is 6.48. The number of pyridine rings is 1. The summed E-state index contributed by atoms with van der Waals surface area (Å²) in [6, 6.07) is 11.7. The summed E-state index contributed by atoms with van der Waals surface area (Å²) in [6.07, 6.45) is 4.76. The molecule has 2 aromatic heterocycles. The van der Waals surface area contributed by atoms with Crippen LogP contribution < -0.4 is 5.32 Å². The number of nitrogens with zero attached hydrogens (tertiary/aromatic N) is 3. The zero-order valence-corrected chi connectivity index (χ0v) is 15.8. The molecule has 3 aromatic rings. The average molecular weight is 374 g/mol. The van der Waals surface area contributed by atoms with Crippen molar-refractivity contribution < 1.29 is 9.59 Å². The summed E-state index contributed by atoms with van der Waals surface area (Å²) in [5, 5.41) is 3.00. The summed E-state index contributed by atoms with van der Waals surface area (Å²) in [6.45, 7) is 3.26. The molecule has 1 aliphatic carbocycles. The predicted octanol–water partition coefficient (Wildman–Crippen LogP) is 3.19. The first-order chi connectivity index (χ1) is 13.6. The number of nitrogens with one attached hydrogen (secondary N) is 1. The summed E-state index contributed by atoms with van der Waals surface area (Å²) in [4.78, 5) is 31.7. The van der Waals surface area contributed by atoms with Gasteiger partial charge in [-0.2, -0.15) is 0 Å². The molecule has 5 rings (SSSR count). The first-order valence-corrected chi connectivity index (χ1v) is 9.76. The molecule has 1 aliphatic heterocycles. The van der Waals surface area contributed by atoms with Gasteiger partial charge in [0.2, 0.25) is 5.91 Å². The molecule has 1 N–H and O–H groups in total. The van der Waals surface area contributed by atoms with Crippen LogP contribution in [0, 0.1) is 12.8 Å². The lowest BCUT2D eigenvalue weighted by Crippen LogP contribution is -2.36. The van der Waals surface area contributed by atoms with E-state index < -0.39 is 0 Å². The third-order valence-corrected chi connectivity index (χ3v) is 5.63. The van der Waals surface area contributed by atoms with Crippen molar-refractivity contribution in [2.45, 2.75) is 32.7 Å². The SMILES string of the molecule is Cc1nc2ccccn2c1C(=O)Nc1ccc2c(c1)CN(C(=O)C1CC1)CC2. The maximum absolute atomic E-state index is 12.9. The van der Waals surface area contributed by atoms with Crippen molar-refractivity contribution in [3.05, 3.63) is 65.1 Å². The molecule has 6 heteroatoms. The Balaban J connectivity index is 1.39. The molecule has 0 saturated heterocycles. The quantitative estimate of drug-likeness (QED) is 0.766. The molecular weight excluding hydrogens is 352 g/mol. The van der Waals surface area contributed by atoms with E-state index in [2.05, 4.69) is 16.4 Å². The van der Waals surface area contributed by atoms with Gasteiger partial charge in [0.15, 0.2) is 0 Å². The van der Waals surface area contributed by atoms with Gasteiger partial charge in [-0.25, -0.2) is 4.98 Å². The van der Waals surface area contributed by atoms with E-state index in [1.165, 1.54) is 5.56 Å². The highest BCUT2D eigenvalue weighted by Crippen LogP contribution is 2.33. The molecule has 2 amide bonds. The van der Waals surface area contributed by atoms with Gasteiger partial charge in [-0.15, -0.1) is 0 Å². The van der Waals surface area contributed by atoms with Crippen molar-refractivity contribution in [2.24, 2.45) is 5.92 Å². The zero-order valence-electron chi connectivity index (χ0n) is 15.8. The van der Waals surface area contributed by atoms with E-state index >= 15 is 0 Å². The number of hydrogen-bond donors (Lipinski definition) is 1. The number of rotatable bonds is 3. The van der Waals surface area contributed by atoms with Crippen LogP contribution in [0.5, 0.6) is 0 Å². The summed E-state index contributed by atoms with van der Waals surface area (Å²) in [5.74, 6) is 0.335. The topological polar surface area (TPSA) is 66.7 Å². The maximum atomic E-state index is 12.9. The van der Waals surface area contributed by atoms with Crippen molar-refractivity contribution in [2.75, 3.05) is 11.9 Å². The number of hydrogen-bond acceptors (Lipinski definition) is 3. The number of aryl methyl sites for hydroxylation is 1. The Morgan fingerprint density at radius 1 is 1.14 bits per heavy atom. The second-order valence-corrected chi connectivity index (χ2v) is 7.70. The molecule has 0 spiro atoms. The lowest BCUT2D eigenvalue weighted by Gasteiger charge is -2.29. The number of amides is 2. The second-order valence-electron chi connectivity index (χ2n) is 7.70. The predicted molar refractivity (Wildman–Crippen MR) is 106 cm³/mol. The standard InChI is InChI=1S/C22H22N4O2/c1-14-20(26-10-3-2-4-19(26)23-14)21(27)24-18-8-7-15-9-11-25(13-17(15)12-18)22(28)16-5-6-16/h2-4,7-8,10,12,16H,5-6,9,11,13H2,1H3,(H,24,27). The van der Waals surface area contributed by atoms with Gasteiger partial charge in [-0.1, -0.05) is 12.1 Å². The molecule has 0 unspecified atom stereocenters. The average Bonchev–Trinajstić information content (AvgIpc) is 3.48. The number of carbonyl (C=O) groups excluding carboxylic acids is 2. The van der Waals surface area contributed by atoms with Crippen LogP contribution in [-0.4, -0.2) is 32.6 Å². The molecule has 1 saturated carbocycles. The summed E-state index contributed by atoms with van der Waals surface area (Å²) in [7, 11) is 0. The highest BCUT2D eigenvalue weighted by molar-refractivity contribution is 6.04. The fourth-order valence-corrected chi connectivity index (χ4v) is 3.99. The minimum absolute atomic E-state index is 0.183. The van der Waals surface area contributed by atoms with E-state index in [-0.39, 0.29) is 17.7 Å². The summed E-state index contributed by atoms with van der Waals surface area (Å²) >= 11 is 0. The van der Waals surface area contributed by atoms with Crippen molar-refractivity contribution in [3.63, 3.8) is 0 Å². The highest BCUT2D eigenvalue weighted by Gasteiger charge is 2.34. The molecule has 0 atom stereocenters. The molecule has 0 bridgehead atoms. The Bertz CT molecular complexity index is 1100. The Morgan fingerprint density at radius 2 is 2.00 bits per heavy atom. The number of fused-ring (bicyclic) bond motifs is 2. The molecule has 0 radical (unpaired) electrons. The number of benzene rings is 1. The number of imidazole rings is 1. The van der Waals surface area contributed by atoms with Crippen LogP contribution in [0.1, 0.15) is 40.2 Å². The van der Waals surface area contributed by atoms with Crippen LogP contribution in [0.25, 0.3) is 5.65 Å². The van der Waals surface area contributed by atoms with Crippen LogP contribution in [0.4, 0.5) is 5.69 Å². The Labute approximate surface area is 163 Å². The van der Waals surface area contributed by atoms with Crippen molar-refractivity contribution in [1.29, 1.82) is 0 Å². The molecule has 2 aliphatic rings. The van der Waals surface area contributed by atoms with E-state index in [1.54, 1.807) is 4.40 Å². The van der Waals surface area contributed by atoms with Crippen LogP contribution >= 0.6 is 0 Å². The lowest BCUT2D eigenvalue weighted by atomic mass is 9.98. The minimum Gasteiger partial charge on any atom is -0.338 e. The van der Waals surface area contributed by atoms with Crippen LogP contribution in [0.2, 0.25) is 0 Å². The van der Waals surface area contributed by atoms with Gasteiger partial charge in [-0.3, -0.25) is 14.0 Å². The van der Waals surface area contributed by atoms with Gasteiger partial charge in [-0.05, 0) is 61.6 Å². The molecule has 1 fully saturated rings. The third kappa shape index (κ3) is 2.95. The van der Waals surface area contributed by atoms with E-state index in [0.717, 1.165) is 42.7 Å². The first kappa shape index (κ1) is 17.0. The molecule has 28 heavy (non-hydrogen) atoms. The van der Waals surface area contributed by atoms with Crippen LogP contribution in [0.3, 0.4) is 0 Å². The fourth-order valence-electron chi connectivity index (χ4n) is 3.99. The molecule has 6 nitrogen and oxygen atoms in total. The van der Waals surface area contributed by atoms with Crippen LogP contribution in [0.15, 0.2) is 42.6 Å². The molecule has 3 heterocycles. The van der Waals surface area contributed by atoms with Crippen LogP contribution in [-0.2, 0) is 17.8 Å². The first-order valence-electron chi connectivity index (χ1n) is 9.76. The Morgan fingerprint density at radius 3 is 2.82 bits per heavy atom. The third-order valence-electron chi connectivity index (χ3n) is 5.63. The smallest absolute Gasteiger partial charge is 0.274 e. The van der Waals surface area contributed by atoms with E-state index in [1.807, 2.05) is 48.4 Å². The van der Waals surface area contributed by atoms with E-state index in [0.29, 0.717) is 17.9 Å². The normalized spacial score (nSPS) is 16.1. The Hall–Kier alpha value is -3.15. The van der Waals surface area contributed by atoms with Gasteiger partial charge >= 0.3 is 0 Å². The minimum atomic E-state index is -0.183. The van der Waals surface area contributed by atoms with Gasteiger partial charge in [0.25, 0.3) is 5.91 Å². The molecule has 1 aromatic carbocycles. The van der Waals surface area contributed by atoms with Gasteiger partial charge < -0.3 is 10.2 Å². The number of aromatic nitrogens is 2. The summed E-state index contributed by atoms with van der Waals surface area (Å²) in [5.41, 5.74) is 5.11. The van der Waals surface area contributed by atoms with Crippen molar-refractivity contribution >= 4 is 23.1 Å². The van der Waals surface area contributed by atoms with Gasteiger partial charge in [0, 0.05) is 30.9 Å². The monoisotopic (exact) mass is 374 g/mol. The largest absolute Gasteiger partial charge is 0.338 e. The van der Waals surface area contributed by atoms with Crippen molar-refractivity contribution in [1.82, 2.24) is 14.3 Å². The summed E-state index contributed by atoms with van der Waals surface area (Å²) < 4.78 is 1.80. The fraction of sp³-hybridized carbons (Fsp3) is 0.318. The van der Waals surface area contributed by atoms with E-state index in [4.69, 9.17) is 0 Å². The Kier molecular flexibility index (Phi) is 3.93. The molecule has 142 valence electrons.